The van der Waals surface area contributed by atoms with E-state index in [1.807, 2.05) is 19.9 Å². The average Bonchev–Trinajstić information content (AvgIpc) is 2.12. The molecule has 0 aromatic carbocycles. The van der Waals surface area contributed by atoms with E-state index in [-0.39, 0.29) is 0 Å². The van der Waals surface area contributed by atoms with Crippen molar-refractivity contribution in [3.63, 3.8) is 0 Å². The molecule has 0 aromatic heterocycles. The lowest BCUT2D eigenvalue weighted by Gasteiger charge is -1.86. The first kappa shape index (κ1) is 14.4. The molecule has 0 bridgehead atoms. The van der Waals surface area contributed by atoms with Crippen LogP contribution in [-0.4, -0.2) is 12.5 Å². The van der Waals surface area contributed by atoms with Crippen molar-refractivity contribution in [2.75, 3.05) is 12.5 Å². The summed E-state index contributed by atoms with van der Waals surface area (Å²) in [6.07, 6.45) is 7.28. The highest BCUT2D eigenvalue weighted by Gasteiger charge is 1.76. The summed E-state index contributed by atoms with van der Waals surface area (Å²) >= 11 is 5.38. The van der Waals surface area contributed by atoms with Gasteiger partial charge in [0.25, 0.3) is 0 Å². The highest BCUT2D eigenvalue weighted by Crippen LogP contribution is 1.93. The fourth-order valence-corrected chi connectivity index (χ4v) is 0.726. The topological polar surface area (TPSA) is 9.23 Å². The number of halogens is 1. The Morgan fingerprint density at radius 1 is 1.25 bits per heavy atom. The Hall–Kier alpha value is -0.170. The SMILES string of the molecule is CC=COCC.CCCCCCl. The second kappa shape index (κ2) is 17.1. The van der Waals surface area contributed by atoms with Crippen LogP contribution in [0.4, 0.5) is 0 Å². The van der Waals surface area contributed by atoms with Crippen molar-refractivity contribution in [2.45, 2.75) is 40.0 Å². The zero-order valence-corrected chi connectivity index (χ0v) is 9.23. The minimum Gasteiger partial charge on any atom is -0.502 e. The van der Waals surface area contributed by atoms with Crippen molar-refractivity contribution in [3.8, 4) is 0 Å². The van der Waals surface area contributed by atoms with E-state index in [1.165, 1.54) is 19.3 Å². The van der Waals surface area contributed by atoms with E-state index in [1.54, 1.807) is 6.26 Å². The van der Waals surface area contributed by atoms with Gasteiger partial charge in [-0.25, -0.2) is 0 Å². The number of alkyl halides is 1. The van der Waals surface area contributed by atoms with E-state index in [0.717, 1.165) is 12.5 Å². The molecule has 1 nitrogen and oxygen atoms in total. The number of hydrogen-bond donors (Lipinski definition) is 0. The largest absolute Gasteiger partial charge is 0.502 e. The monoisotopic (exact) mass is 192 g/mol. The third kappa shape index (κ3) is 22.5. The summed E-state index contributed by atoms with van der Waals surface area (Å²) in [4.78, 5) is 0. The Morgan fingerprint density at radius 3 is 2.08 bits per heavy atom. The summed E-state index contributed by atoms with van der Waals surface area (Å²) in [5.74, 6) is 0.827. The van der Waals surface area contributed by atoms with E-state index in [9.17, 15) is 0 Å². The number of hydrogen-bond acceptors (Lipinski definition) is 1. The molecule has 0 aliphatic rings. The van der Waals surface area contributed by atoms with Gasteiger partial charge in [-0.05, 0) is 20.3 Å². The first-order valence-corrected chi connectivity index (χ1v) is 5.15. The van der Waals surface area contributed by atoms with Crippen LogP contribution in [0.2, 0.25) is 0 Å². The highest BCUT2D eigenvalue weighted by atomic mass is 35.5. The molecule has 2 heteroatoms. The van der Waals surface area contributed by atoms with E-state index in [0.29, 0.717) is 0 Å². The zero-order valence-electron chi connectivity index (χ0n) is 8.48. The van der Waals surface area contributed by atoms with E-state index >= 15 is 0 Å². The average molecular weight is 193 g/mol. The fraction of sp³-hybridized carbons (Fsp3) is 0.800. The Balaban J connectivity index is 0. The van der Waals surface area contributed by atoms with Crippen LogP contribution in [0.15, 0.2) is 12.3 Å². The zero-order chi connectivity index (χ0) is 9.66. The number of ether oxygens (including phenoxy) is 1. The van der Waals surface area contributed by atoms with Crippen LogP contribution < -0.4 is 0 Å². The summed E-state index contributed by atoms with van der Waals surface area (Å²) in [6, 6.07) is 0. The molecule has 0 fully saturated rings. The lowest BCUT2D eigenvalue weighted by Crippen LogP contribution is -1.73. The summed E-state index contributed by atoms with van der Waals surface area (Å²) in [5.41, 5.74) is 0. The number of unbranched alkanes of at least 4 members (excludes halogenated alkanes) is 2. The molecule has 0 spiro atoms. The minimum atomic E-state index is 0.768. The van der Waals surface area contributed by atoms with Crippen molar-refractivity contribution in [3.05, 3.63) is 12.3 Å². The molecular formula is C10H21ClO. The second-order valence-electron chi connectivity index (χ2n) is 2.32. The second-order valence-corrected chi connectivity index (χ2v) is 2.70. The van der Waals surface area contributed by atoms with Crippen LogP contribution in [0.3, 0.4) is 0 Å². The molecule has 0 aliphatic heterocycles. The number of rotatable bonds is 5. The molecule has 0 saturated heterocycles. The van der Waals surface area contributed by atoms with Gasteiger partial charge >= 0.3 is 0 Å². The third-order valence-corrected chi connectivity index (χ3v) is 1.40. The van der Waals surface area contributed by atoms with Gasteiger partial charge in [0.1, 0.15) is 0 Å². The van der Waals surface area contributed by atoms with E-state index < -0.39 is 0 Å². The van der Waals surface area contributed by atoms with Crippen molar-refractivity contribution < 1.29 is 4.74 Å². The van der Waals surface area contributed by atoms with Crippen LogP contribution in [0.5, 0.6) is 0 Å². The highest BCUT2D eigenvalue weighted by molar-refractivity contribution is 6.17. The van der Waals surface area contributed by atoms with Gasteiger partial charge in [-0.15, -0.1) is 11.6 Å². The van der Waals surface area contributed by atoms with Gasteiger partial charge in [0.05, 0.1) is 12.9 Å². The molecule has 0 amide bonds. The molecule has 0 aliphatic carbocycles. The molecule has 0 heterocycles. The first-order valence-electron chi connectivity index (χ1n) is 4.62. The molecule has 0 atom stereocenters. The van der Waals surface area contributed by atoms with Gasteiger partial charge in [0.2, 0.25) is 0 Å². The first-order chi connectivity index (χ1) is 5.83. The summed E-state index contributed by atoms with van der Waals surface area (Å²) in [7, 11) is 0. The summed E-state index contributed by atoms with van der Waals surface area (Å²) in [6.45, 7) is 6.83. The number of allylic oxidation sites excluding steroid dienone is 1. The van der Waals surface area contributed by atoms with Crippen LogP contribution in [0.25, 0.3) is 0 Å². The molecular weight excluding hydrogens is 172 g/mol. The predicted molar refractivity (Wildman–Crippen MR) is 56.7 cm³/mol. The van der Waals surface area contributed by atoms with Gasteiger partial charge in [-0.2, -0.15) is 0 Å². The molecule has 0 unspecified atom stereocenters. The van der Waals surface area contributed by atoms with Crippen molar-refractivity contribution >= 4 is 11.6 Å². The molecule has 12 heavy (non-hydrogen) atoms. The van der Waals surface area contributed by atoms with Crippen molar-refractivity contribution in [2.24, 2.45) is 0 Å². The Kier molecular flexibility index (Phi) is 20.4. The Morgan fingerprint density at radius 2 is 1.92 bits per heavy atom. The molecule has 0 aromatic rings. The maximum Gasteiger partial charge on any atom is 0.0845 e. The Bertz CT molecular complexity index is 77.9. The smallest absolute Gasteiger partial charge is 0.0845 e. The van der Waals surface area contributed by atoms with Gasteiger partial charge < -0.3 is 4.74 Å². The fourth-order valence-electron chi connectivity index (χ4n) is 0.537. The normalized spacial score (nSPS) is 9.33. The Labute approximate surface area is 81.8 Å². The summed E-state index contributed by atoms with van der Waals surface area (Å²) in [5, 5.41) is 0. The predicted octanol–water partition coefficient (Wildman–Crippen LogP) is 3.97. The lowest BCUT2D eigenvalue weighted by molar-refractivity contribution is 0.269. The van der Waals surface area contributed by atoms with E-state index in [4.69, 9.17) is 16.3 Å². The van der Waals surface area contributed by atoms with Crippen molar-refractivity contribution in [1.82, 2.24) is 0 Å². The molecule has 0 rings (SSSR count). The maximum atomic E-state index is 5.38. The minimum absolute atomic E-state index is 0.768. The molecule has 0 N–H and O–H groups in total. The van der Waals surface area contributed by atoms with Gasteiger partial charge in [-0.1, -0.05) is 25.8 Å². The van der Waals surface area contributed by atoms with Gasteiger partial charge in [0, 0.05) is 5.88 Å². The standard InChI is InChI=1S/C5H11Cl.C5H10O/c1-2-3-4-5-6;1-3-5-6-4-2/h2-5H2,1H3;3,5H,4H2,1-2H3. The van der Waals surface area contributed by atoms with Crippen LogP contribution in [0, 0.1) is 0 Å². The maximum absolute atomic E-state index is 5.38. The quantitative estimate of drug-likeness (QED) is 0.364. The molecule has 0 saturated carbocycles. The third-order valence-electron chi connectivity index (χ3n) is 1.14. The molecule has 74 valence electrons. The lowest BCUT2D eigenvalue weighted by atomic mass is 10.3. The van der Waals surface area contributed by atoms with Crippen LogP contribution in [0.1, 0.15) is 40.0 Å². The molecule has 0 radical (unpaired) electrons. The van der Waals surface area contributed by atoms with E-state index in [2.05, 4.69) is 6.92 Å². The van der Waals surface area contributed by atoms with Crippen molar-refractivity contribution in [1.29, 1.82) is 0 Å². The summed E-state index contributed by atoms with van der Waals surface area (Å²) < 4.78 is 4.80. The van der Waals surface area contributed by atoms with Gasteiger partial charge in [-0.3, -0.25) is 0 Å². The van der Waals surface area contributed by atoms with Crippen LogP contribution >= 0.6 is 11.6 Å². The van der Waals surface area contributed by atoms with Gasteiger partial charge in [0.15, 0.2) is 0 Å². The van der Waals surface area contributed by atoms with Crippen LogP contribution in [-0.2, 0) is 4.74 Å².